The molecule has 2 heteroatoms. The molecule has 0 unspecified atom stereocenters. The lowest BCUT2D eigenvalue weighted by Crippen LogP contribution is -2.38. The highest BCUT2D eigenvalue weighted by atomic mass is 16.3. The zero-order valence-electron chi connectivity index (χ0n) is 5.06. The Balaban J connectivity index is 2.20. The summed E-state index contributed by atoms with van der Waals surface area (Å²) in [5.41, 5.74) is 4.91. The second kappa shape index (κ2) is 2.03. The number of hydrogen-bond donors (Lipinski definition) is 2. The van der Waals surface area contributed by atoms with Crippen LogP contribution in [0.2, 0.25) is 0 Å². The van der Waals surface area contributed by atoms with Gasteiger partial charge in [-0.1, -0.05) is 0 Å². The molecule has 1 aliphatic carbocycles. The third kappa shape index (κ3) is 1.01. The molecule has 48 valence electrons. The molecule has 1 saturated carbocycles. The Labute approximate surface area is 49.7 Å². The Hall–Kier alpha value is -0.0800. The lowest BCUT2D eigenvalue weighted by molar-refractivity contribution is -0.0378. The Bertz CT molecular complexity index is 78.6. The third-order valence-corrected chi connectivity index (χ3v) is 1.89. The SMILES string of the molecule is NCCC1(O)CCC1. The van der Waals surface area contributed by atoms with Crippen molar-refractivity contribution < 1.29 is 5.11 Å². The normalized spacial score (nSPS) is 24.8. The van der Waals surface area contributed by atoms with Crippen LogP contribution >= 0.6 is 0 Å². The number of nitrogens with two attached hydrogens (primary N) is 1. The van der Waals surface area contributed by atoms with Crippen molar-refractivity contribution in [1.29, 1.82) is 0 Å². The predicted molar refractivity (Wildman–Crippen MR) is 32.5 cm³/mol. The van der Waals surface area contributed by atoms with Crippen molar-refractivity contribution in [3.8, 4) is 0 Å². The van der Waals surface area contributed by atoms with Crippen molar-refractivity contribution in [1.82, 2.24) is 0 Å². The van der Waals surface area contributed by atoms with Crippen LogP contribution in [-0.4, -0.2) is 17.3 Å². The quantitative estimate of drug-likeness (QED) is 0.542. The highest BCUT2D eigenvalue weighted by molar-refractivity contribution is 4.87. The molecule has 0 aromatic rings. The first-order valence-corrected chi connectivity index (χ1v) is 3.19. The van der Waals surface area contributed by atoms with Crippen molar-refractivity contribution in [3.05, 3.63) is 0 Å². The summed E-state index contributed by atoms with van der Waals surface area (Å²) in [6.07, 6.45) is 3.89. The summed E-state index contributed by atoms with van der Waals surface area (Å²) in [5, 5.41) is 9.33. The largest absolute Gasteiger partial charge is 0.390 e. The number of hydrogen-bond acceptors (Lipinski definition) is 2. The highest BCUT2D eigenvalue weighted by Crippen LogP contribution is 2.33. The molecule has 0 aliphatic heterocycles. The van der Waals surface area contributed by atoms with Gasteiger partial charge in [-0.2, -0.15) is 0 Å². The van der Waals surface area contributed by atoms with Gasteiger partial charge in [-0.15, -0.1) is 0 Å². The molecular formula is C6H13NO. The first-order chi connectivity index (χ1) is 3.77. The van der Waals surface area contributed by atoms with E-state index in [0.717, 1.165) is 19.3 Å². The Morgan fingerprint density at radius 1 is 1.50 bits per heavy atom. The zero-order chi connectivity index (χ0) is 6.04. The first kappa shape index (κ1) is 6.05. The fourth-order valence-electron chi connectivity index (χ4n) is 1.10. The minimum atomic E-state index is -0.352. The summed E-state index contributed by atoms with van der Waals surface area (Å²) >= 11 is 0. The molecule has 1 aliphatic rings. The molecular weight excluding hydrogens is 102 g/mol. The van der Waals surface area contributed by atoms with Crippen molar-refractivity contribution in [2.45, 2.75) is 31.3 Å². The van der Waals surface area contributed by atoms with Crippen LogP contribution in [0.4, 0.5) is 0 Å². The monoisotopic (exact) mass is 115 g/mol. The van der Waals surface area contributed by atoms with Gasteiger partial charge in [-0.25, -0.2) is 0 Å². The van der Waals surface area contributed by atoms with Gasteiger partial charge in [-0.05, 0) is 32.2 Å². The van der Waals surface area contributed by atoms with E-state index in [1.165, 1.54) is 6.42 Å². The number of rotatable bonds is 2. The lowest BCUT2D eigenvalue weighted by atomic mass is 9.78. The highest BCUT2D eigenvalue weighted by Gasteiger charge is 2.32. The molecule has 0 aromatic carbocycles. The van der Waals surface area contributed by atoms with Gasteiger partial charge in [0.05, 0.1) is 5.60 Å². The predicted octanol–water partition coefficient (Wildman–Crippen LogP) is 0.250. The van der Waals surface area contributed by atoms with Crippen LogP contribution in [0.3, 0.4) is 0 Å². The van der Waals surface area contributed by atoms with Gasteiger partial charge < -0.3 is 10.8 Å². The first-order valence-electron chi connectivity index (χ1n) is 3.19. The average Bonchev–Trinajstić information content (AvgIpc) is 1.64. The van der Waals surface area contributed by atoms with E-state index in [2.05, 4.69) is 0 Å². The molecule has 2 nitrogen and oxygen atoms in total. The molecule has 0 heterocycles. The lowest BCUT2D eigenvalue weighted by Gasteiger charge is -2.36. The summed E-state index contributed by atoms with van der Waals surface area (Å²) in [6, 6.07) is 0. The molecule has 3 N–H and O–H groups in total. The summed E-state index contributed by atoms with van der Waals surface area (Å²) in [5.74, 6) is 0. The van der Waals surface area contributed by atoms with Crippen molar-refractivity contribution in [3.63, 3.8) is 0 Å². The topological polar surface area (TPSA) is 46.2 Å². The Morgan fingerprint density at radius 3 is 2.25 bits per heavy atom. The summed E-state index contributed by atoms with van der Waals surface area (Å²) < 4.78 is 0. The van der Waals surface area contributed by atoms with E-state index < -0.39 is 0 Å². The summed E-state index contributed by atoms with van der Waals surface area (Å²) in [7, 11) is 0. The fourth-order valence-corrected chi connectivity index (χ4v) is 1.10. The van der Waals surface area contributed by atoms with Crippen LogP contribution < -0.4 is 5.73 Å². The van der Waals surface area contributed by atoms with Crippen LogP contribution in [0.25, 0.3) is 0 Å². The van der Waals surface area contributed by atoms with Gasteiger partial charge in [0, 0.05) is 0 Å². The van der Waals surface area contributed by atoms with Crippen molar-refractivity contribution >= 4 is 0 Å². The minimum Gasteiger partial charge on any atom is -0.390 e. The zero-order valence-corrected chi connectivity index (χ0v) is 5.06. The minimum absolute atomic E-state index is 0.352. The van der Waals surface area contributed by atoms with Gasteiger partial charge in [0.25, 0.3) is 0 Å². The van der Waals surface area contributed by atoms with E-state index >= 15 is 0 Å². The molecule has 0 spiro atoms. The van der Waals surface area contributed by atoms with E-state index in [1.54, 1.807) is 0 Å². The van der Waals surface area contributed by atoms with Crippen LogP contribution in [-0.2, 0) is 0 Å². The molecule has 0 aromatic heterocycles. The maximum Gasteiger partial charge on any atom is 0.0659 e. The van der Waals surface area contributed by atoms with E-state index in [4.69, 9.17) is 5.73 Å². The molecule has 8 heavy (non-hydrogen) atoms. The molecule has 1 rings (SSSR count). The second-order valence-electron chi connectivity index (χ2n) is 2.62. The second-order valence-corrected chi connectivity index (χ2v) is 2.62. The Morgan fingerprint density at radius 2 is 2.12 bits per heavy atom. The summed E-state index contributed by atoms with van der Waals surface area (Å²) in [4.78, 5) is 0. The summed E-state index contributed by atoms with van der Waals surface area (Å²) in [6.45, 7) is 0.622. The molecule has 0 radical (unpaired) electrons. The number of aliphatic hydroxyl groups is 1. The third-order valence-electron chi connectivity index (χ3n) is 1.89. The van der Waals surface area contributed by atoms with E-state index in [-0.39, 0.29) is 5.60 Å². The van der Waals surface area contributed by atoms with Crippen molar-refractivity contribution in [2.75, 3.05) is 6.54 Å². The molecule has 1 fully saturated rings. The van der Waals surface area contributed by atoms with Gasteiger partial charge in [0.2, 0.25) is 0 Å². The molecule has 0 bridgehead atoms. The van der Waals surface area contributed by atoms with Crippen LogP contribution in [0.15, 0.2) is 0 Å². The average molecular weight is 115 g/mol. The fraction of sp³-hybridized carbons (Fsp3) is 1.00. The van der Waals surface area contributed by atoms with Gasteiger partial charge in [-0.3, -0.25) is 0 Å². The van der Waals surface area contributed by atoms with Crippen molar-refractivity contribution in [2.24, 2.45) is 5.73 Å². The van der Waals surface area contributed by atoms with E-state index in [1.807, 2.05) is 0 Å². The standard InChI is InChI=1S/C6H13NO/c7-5-4-6(8)2-1-3-6/h8H,1-5,7H2. The van der Waals surface area contributed by atoms with E-state index in [9.17, 15) is 5.11 Å². The maximum absolute atomic E-state index is 9.33. The molecule has 0 amide bonds. The van der Waals surface area contributed by atoms with Crippen LogP contribution in [0.5, 0.6) is 0 Å². The van der Waals surface area contributed by atoms with Crippen LogP contribution in [0, 0.1) is 0 Å². The molecule has 0 atom stereocenters. The van der Waals surface area contributed by atoms with Gasteiger partial charge in [0.1, 0.15) is 0 Å². The van der Waals surface area contributed by atoms with Gasteiger partial charge >= 0.3 is 0 Å². The molecule has 0 saturated heterocycles. The maximum atomic E-state index is 9.33. The Kier molecular flexibility index (Phi) is 1.54. The smallest absolute Gasteiger partial charge is 0.0659 e. The van der Waals surface area contributed by atoms with Gasteiger partial charge in [0.15, 0.2) is 0 Å². The van der Waals surface area contributed by atoms with Crippen LogP contribution in [0.1, 0.15) is 25.7 Å². The van der Waals surface area contributed by atoms with E-state index in [0.29, 0.717) is 6.54 Å².